The molecule has 0 radical (unpaired) electrons. The number of non-ortho nitro benzene ring substituents is 1. The molecule has 0 aromatic heterocycles. The highest BCUT2D eigenvalue weighted by Gasteiger charge is 2.30. The molecule has 1 aromatic carbocycles. The van der Waals surface area contributed by atoms with Crippen LogP contribution in [0.5, 0.6) is 0 Å². The van der Waals surface area contributed by atoms with E-state index < -0.39 is 47.3 Å². The number of nitro benzene ring substituents is 2. The van der Waals surface area contributed by atoms with Crippen LogP contribution < -0.4 is 4.72 Å². The van der Waals surface area contributed by atoms with Crippen LogP contribution in [0, 0.1) is 25.6 Å². The van der Waals surface area contributed by atoms with E-state index in [2.05, 4.69) is 32.4 Å². The van der Waals surface area contributed by atoms with Crippen molar-refractivity contribution in [3.8, 4) is 0 Å². The largest absolute Gasteiger partial charge is 0.375 e. The van der Waals surface area contributed by atoms with E-state index in [9.17, 15) is 28.6 Å². The lowest BCUT2D eigenvalue weighted by Gasteiger charge is -2.33. The van der Waals surface area contributed by atoms with Crippen molar-refractivity contribution in [1.29, 1.82) is 0 Å². The molecule has 0 aliphatic rings. The smallest absolute Gasteiger partial charge is 0.296 e. The van der Waals surface area contributed by atoms with Gasteiger partial charge in [-0.1, -0.05) is 20.8 Å². The second-order valence-electron chi connectivity index (χ2n) is 11.1. The molecular formula is C23H39N3O8S. The lowest BCUT2D eigenvalue weighted by molar-refractivity contribution is -0.396. The molecule has 0 amide bonds. The molecule has 1 unspecified atom stereocenters. The van der Waals surface area contributed by atoms with Gasteiger partial charge >= 0.3 is 0 Å². The predicted molar refractivity (Wildman–Crippen MR) is 133 cm³/mol. The number of hydrogen-bond acceptors (Lipinski definition) is 8. The molecule has 0 saturated carbocycles. The van der Waals surface area contributed by atoms with E-state index in [1.807, 2.05) is 27.7 Å². The Balaban J connectivity index is 2.67. The Morgan fingerprint density at radius 2 is 1.57 bits per heavy atom. The first-order chi connectivity index (χ1) is 15.7. The van der Waals surface area contributed by atoms with Crippen LogP contribution >= 0.6 is 0 Å². The van der Waals surface area contributed by atoms with Crippen LogP contribution in [0.15, 0.2) is 23.1 Å². The van der Waals surface area contributed by atoms with E-state index in [1.165, 1.54) is 0 Å². The summed E-state index contributed by atoms with van der Waals surface area (Å²) >= 11 is 0. The third-order valence-electron chi connectivity index (χ3n) is 5.28. The van der Waals surface area contributed by atoms with Crippen LogP contribution in [0.3, 0.4) is 0 Å². The fourth-order valence-electron chi connectivity index (χ4n) is 3.71. The van der Waals surface area contributed by atoms with E-state index >= 15 is 0 Å². The predicted octanol–water partition coefficient (Wildman–Crippen LogP) is 4.98. The van der Waals surface area contributed by atoms with Gasteiger partial charge in [0.1, 0.15) is 0 Å². The molecule has 0 spiro atoms. The second kappa shape index (κ2) is 11.7. The Morgan fingerprint density at radius 1 is 0.971 bits per heavy atom. The highest BCUT2D eigenvalue weighted by molar-refractivity contribution is 7.89. The van der Waals surface area contributed by atoms with Crippen molar-refractivity contribution < 1.29 is 27.7 Å². The van der Waals surface area contributed by atoms with E-state index in [0.29, 0.717) is 25.5 Å². The van der Waals surface area contributed by atoms with Crippen LogP contribution in [0.4, 0.5) is 11.4 Å². The van der Waals surface area contributed by atoms with Gasteiger partial charge in [-0.3, -0.25) is 20.2 Å². The Bertz CT molecular complexity index is 1000. The number of rotatable bonds is 14. The minimum atomic E-state index is -4.26. The zero-order chi connectivity index (χ0) is 27.2. The molecule has 0 saturated heterocycles. The van der Waals surface area contributed by atoms with Gasteiger partial charge in [-0.2, -0.15) is 0 Å². The first-order valence-corrected chi connectivity index (χ1v) is 13.0. The summed E-state index contributed by atoms with van der Waals surface area (Å²) in [4.78, 5) is 19.7. The van der Waals surface area contributed by atoms with Crippen molar-refractivity contribution in [2.45, 2.75) is 96.9 Å². The van der Waals surface area contributed by atoms with E-state index in [4.69, 9.17) is 9.47 Å². The fraction of sp³-hybridized carbons (Fsp3) is 0.739. The number of nitrogens with zero attached hydrogens (tertiary/aromatic N) is 2. The lowest BCUT2D eigenvalue weighted by Crippen LogP contribution is -2.36. The summed E-state index contributed by atoms with van der Waals surface area (Å²) in [6.45, 7) is 16.6. The van der Waals surface area contributed by atoms with Crippen molar-refractivity contribution in [2.24, 2.45) is 5.41 Å². The molecule has 1 atom stereocenters. The number of nitro groups is 2. The van der Waals surface area contributed by atoms with Gasteiger partial charge in [-0.25, -0.2) is 13.1 Å². The molecular weight excluding hydrogens is 478 g/mol. The van der Waals surface area contributed by atoms with Crippen molar-refractivity contribution in [1.82, 2.24) is 4.72 Å². The van der Waals surface area contributed by atoms with Gasteiger partial charge in [0.2, 0.25) is 10.0 Å². The third kappa shape index (κ3) is 11.0. The normalized spacial score (nSPS) is 14.1. The van der Waals surface area contributed by atoms with Gasteiger partial charge < -0.3 is 9.47 Å². The van der Waals surface area contributed by atoms with Gasteiger partial charge in [0.25, 0.3) is 11.4 Å². The van der Waals surface area contributed by atoms with Gasteiger partial charge in [0, 0.05) is 12.6 Å². The zero-order valence-corrected chi connectivity index (χ0v) is 22.7. The molecule has 0 fully saturated rings. The third-order valence-corrected chi connectivity index (χ3v) is 6.78. The van der Waals surface area contributed by atoms with Crippen molar-refractivity contribution in [3.05, 3.63) is 38.4 Å². The van der Waals surface area contributed by atoms with Gasteiger partial charge in [0.15, 0.2) is 4.90 Å². The molecule has 12 heteroatoms. The second-order valence-corrected chi connectivity index (χ2v) is 12.9. The summed E-state index contributed by atoms with van der Waals surface area (Å²) in [5.41, 5.74) is -2.32. The van der Waals surface area contributed by atoms with Crippen LogP contribution in [0.1, 0.15) is 74.7 Å². The molecule has 0 aliphatic heterocycles. The van der Waals surface area contributed by atoms with Crippen LogP contribution in [0.2, 0.25) is 0 Å². The molecule has 1 N–H and O–H groups in total. The Labute approximate surface area is 207 Å². The fourth-order valence-corrected chi connectivity index (χ4v) is 4.89. The maximum Gasteiger partial charge on any atom is 0.296 e. The number of nitrogens with one attached hydrogen (secondary N) is 1. The SMILES string of the molecule is CC(CC(C)(C)C)OC(C)(C)CCOC(C)(C)CCNS(=O)(=O)c1ccc([N+](=O)[O-])cc1[N+](=O)[O-]. The van der Waals surface area contributed by atoms with Crippen molar-refractivity contribution in [3.63, 3.8) is 0 Å². The van der Waals surface area contributed by atoms with Crippen molar-refractivity contribution in [2.75, 3.05) is 13.2 Å². The van der Waals surface area contributed by atoms with Crippen LogP contribution in [0.25, 0.3) is 0 Å². The van der Waals surface area contributed by atoms with E-state index in [-0.39, 0.29) is 18.1 Å². The zero-order valence-electron chi connectivity index (χ0n) is 21.9. The molecule has 200 valence electrons. The van der Waals surface area contributed by atoms with Crippen molar-refractivity contribution >= 4 is 21.4 Å². The summed E-state index contributed by atoms with van der Waals surface area (Å²) < 4.78 is 39.7. The Kier molecular flexibility index (Phi) is 10.3. The molecule has 1 rings (SSSR count). The number of ether oxygens (including phenoxy) is 2. The van der Waals surface area contributed by atoms with Gasteiger partial charge in [-0.05, 0) is 65.4 Å². The molecule has 11 nitrogen and oxygen atoms in total. The highest BCUT2D eigenvalue weighted by Crippen LogP contribution is 2.29. The molecule has 0 aliphatic carbocycles. The summed E-state index contributed by atoms with van der Waals surface area (Å²) in [5, 5.41) is 22.1. The molecule has 0 bridgehead atoms. The average molecular weight is 518 g/mol. The Hall–Kier alpha value is -2.15. The monoisotopic (exact) mass is 517 g/mol. The minimum absolute atomic E-state index is 0.0357. The number of hydrogen-bond donors (Lipinski definition) is 1. The maximum absolute atomic E-state index is 12.6. The first kappa shape index (κ1) is 30.9. The summed E-state index contributed by atoms with van der Waals surface area (Å²) in [5.74, 6) is 0. The molecule has 35 heavy (non-hydrogen) atoms. The summed E-state index contributed by atoms with van der Waals surface area (Å²) in [6, 6.07) is 2.41. The summed E-state index contributed by atoms with van der Waals surface area (Å²) in [6.07, 6.45) is 1.96. The van der Waals surface area contributed by atoms with Gasteiger partial charge in [-0.15, -0.1) is 0 Å². The topological polar surface area (TPSA) is 151 Å². The average Bonchev–Trinajstić information content (AvgIpc) is 2.64. The standard InChI is InChI=1S/C23H39N3O8S/c1-17(16-21(2,3)4)34-23(7,8)12-14-33-22(5,6)11-13-24-35(31,32)20-10-9-18(25(27)28)15-19(20)26(29)30/h9-10,15,17,24H,11-14,16H2,1-8H3. The highest BCUT2D eigenvalue weighted by atomic mass is 32.2. The van der Waals surface area contributed by atoms with Crippen LogP contribution in [-0.4, -0.2) is 48.7 Å². The quantitative estimate of drug-likeness (QED) is 0.268. The Morgan fingerprint density at radius 3 is 2.09 bits per heavy atom. The molecule has 1 aromatic rings. The number of sulfonamides is 1. The van der Waals surface area contributed by atoms with E-state index in [0.717, 1.165) is 18.6 Å². The maximum atomic E-state index is 12.6. The van der Waals surface area contributed by atoms with E-state index in [1.54, 1.807) is 0 Å². The van der Waals surface area contributed by atoms with Gasteiger partial charge in [0.05, 0.1) is 39.8 Å². The summed E-state index contributed by atoms with van der Waals surface area (Å²) in [7, 11) is -4.26. The lowest BCUT2D eigenvalue weighted by atomic mass is 9.89. The first-order valence-electron chi connectivity index (χ1n) is 11.5. The minimum Gasteiger partial charge on any atom is -0.375 e. The van der Waals surface area contributed by atoms with Crippen LogP contribution in [-0.2, 0) is 19.5 Å². The molecule has 0 heterocycles. The number of benzene rings is 1.